The van der Waals surface area contributed by atoms with Crippen molar-refractivity contribution in [2.45, 2.75) is 6.17 Å². The van der Waals surface area contributed by atoms with E-state index in [9.17, 15) is 14.4 Å². The van der Waals surface area contributed by atoms with Crippen LogP contribution in [0.3, 0.4) is 0 Å². The monoisotopic (exact) mass is 555 g/mol. The maximum atomic E-state index is 14.1. The van der Waals surface area contributed by atoms with Crippen LogP contribution in [-0.4, -0.2) is 88.1 Å². The molecule has 4 amide bonds. The Morgan fingerprint density at radius 1 is 0.927 bits per heavy atom. The third kappa shape index (κ3) is 6.51. The van der Waals surface area contributed by atoms with Crippen LogP contribution < -0.4 is 20.0 Å². The summed E-state index contributed by atoms with van der Waals surface area (Å²) in [4.78, 5) is 49.4. The number of quaternary nitrogens is 1. The van der Waals surface area contributed by atoms with E-state index in [1.807, 2.05) is 72.8 Å². The number of urea groups is 1. The molecule has 0 aromatic heterocycles. The van der Waals surface area contributed by atoms with E-state index in [1.54, 1.807) is 26.2 Å². The number of carbonyl (C=O) groups is 3. The molecule has 2 aliphatic rings. The molecular weight excluding hydrogens is 520 g/mol. The summed E-state index contributed by atoms with van der Waals surface area (Å²) in [5, 5.41) is 5.51. The molecule has 3 aromatic carbocycles. The van der Waals surface area contributed by atoms with Gasteiger partial charge in [0.2, 0.25) is 6.17 Å². The van der Waals surface area contributed by atoms with Crippen LogP contribution in [0.15, 0.2) is 89.9 Å². The Bertz CT molecular complexity index is 1420. The number of para-hydroxylation sites is 3. The van der Waals surface area contributed by atoms with Gasteiger partial charge in [-0.1, -0.05) is 54.6 Å². The van der Waals surface area contributed by atoms with Gasteiger partial charge in [0, 0.05) is 30.9 Å². The molecule has 1 saturated heterocycles. The van der Waals surface area contributed by atoms with E-state index in [2.05, 4.69) is 15.5 Å². The van der Waals surface area contributed by atoms with Gasteiger partial charge in [0.1, 0.15) is 12.2 Å². The Labute approximate surface area is 239 Å². The Morgan fingerprint density at radius 2 is 1.56 bits per heavy atom. The van der Waals surface area contributed by atoms with Crippen molar-refractivity contribution in [2.24, 2.45) is 4.99 Å². The molecule has 2 heterocycles. The largest absolute Gasteiger partial charge is 0.379 e. The van der Waals surface area contributed by atoms with Crippen LogP contribution in [0.5, 0.6) is 0 Å². The summed E-state index contributed by atoms with van der Waals surface area (Å²) in [7, 11) is 3.60. The molecule has 5 rings (SSSR count). The number of fused-ring (bicyclic) bond motifs is 1. The summed E-state index contributed by atoms with van der Waals surface area (Å²) >= 11 is 0. The van der Waals surface area contributed by atoms with E-state index < -0.39 is 18.1 Å². The zero-order valence-corrected chi connectivity index (χ0v) is 23.3. The topological polar surface area (TPSA) is 103 Å². The number of hydrogen-bond acceptors (Lipinski definition) is 6. The number of hydrogen-bond donors (Lipinski definition) is 2. The molecule has 0 aliphatic carbocycles. The van der Waals surface area contributed by atoms with Gasteiger partial charge in [-0.15, -0.1) is 0 Å². The molecule has 1 fully saturated rings. The molecule has 10 heteroatoms. The Morgan fingerprint density at radius 3 is 2.27 bits per heavy atom. The lowest BCUT2D eigenvalue weighted by Crippen LogP contribution is -2.55. The number of morpholine rings is 1. The molecule has 1 atom stereocenters. The van der Waals surface area contributed by atoms with Gasteiger partial charge < -0.3 is 15.4 Å². The van der Waals surface area contributed by atoms with Crippen molar-refractivity contribution >= 4 is 40.6 Å². The number of aliphatic imine (C=N–C) groups is 1. The Hall–Kier alpha value is -4.38. The number of carbonyl (C=O) groups excluding carboxylic acids is 3. The van der Waals surface area contributed by atoms with Crippen LogP contribution in [0.25, 0.3) is 0 Å². The zero-order chi connectivity index (χ0) is 28.8. The van der Waals surface area contributed by atoms with Gasteiger partial charge >= 0.3 is 11.9 Å². The van der Waals surface area contributed by atoms with Crippen LogP contribution in [0.1, 0.15) is 5.56 Å². The van der Waals surface area contributed by atoms with E-state index in [0.29, 0.717) is 36.8 Å². The highest BCUT2D eigenvalue weighted by molar-refractivity contribution is 6.15. The van der Waals surface area contributed by atoms with E-state index >= 15 is 0 Å². The first kappa shape index (κ1) is 28.2. The fourth-order valence-corrected chi connectivity index (χ4v) is 4.92. The Kier molecular flexibility index (Phi) is 8.53. The minimum Gasteiger partial charge on any atom is -0.379 e. The molecule has 3 aromatic rings. The third-order valence-electron chi connectivity index (χ3n) is 7.39. The number of ether oxygens (including phenoxy) is 1. The lowest BCUT2D eigenvalue weighted by atomic mass is 10.1. The van der Waals surface area contributed by atoms with Gasteiger partial charge in [0.25, 0.3) is 5.91 Å². The van der Waals surface area contributed by atoms with E-state index in [-0.39, 0.29) is 16.9 Å². The van der Waals surface area contributed by atoms with Crippen molar-refractivity contribution in [3.63, 3.8) is 0 Å². The second-order valence-corrected chi connectivity index (χ2v) is 10.5. The first-order chi connectivity index (χ1) is 19.8. The fourth-order valence-electron chi connectivity index (χ4n) is 4.92. The van der Waals surface area contributed by atoms with Crippen molar-refractivity contribution in [1.29, 1.82) is 0 Å². The number of nitrogens with one attached hydrogen (secondary N) is 2. The second kappa shape index (κ2) is 12.4. The number of likely N-dealkylation sites (N-methyl/N-ethyl adjacent to an activating group) is 1. The van der Waals surface area contributed by atoms with E-state index in [4.69, 9.17) is 9.73 Å². The molecule has 0 saturated carbocycles. The first-order valence-electron chi connectivity index (χ1n) is 13.7. The van der Waals surface area contributed by atoms with Crippen LogP contribution in [0.2, 0.25) is 0 Å². The Balaban J connectivity index is 1.48. The number of anilines is 2. The maximum Gasteiger partial charge on any atom is 0.338 e. The van der Waals surface area contributed by atoms with Crippen molar-refractivity contribution in [1.82, 2.24) is 14.7 Å². The van der Waals surface area contributed by atoms with Gasteiger partial charge in [-0.2, -0.15) is 0 Å². The standard InChI is InChI=1S/C31H34N6O4/c1-37(2,24-13-7-4-8-14-24)28(38)22-36-27-16-10-9-15-25(27)26(21-35-17-19-41-20-18-35)33-29(30(36)39)34-31(40)32-23-11-5-3-6-12-23/h3-16,29H,17-22H2,1-2H3,(H-,32,34,40)/p+1. The van der Waals surface area contributed by atoms with Gasteiger partial charge in [-0.25, -0.2) is 14.1 Å². The van der Waals surface area contributed by atoms with Crippen molar-refractivity contribution in [2.75, 3.05) is 63.7 Å². The summed E-state index contributed by atoms with van der Waals surface area (Å²) in [6.07, 6.45) is -1.23. The molecule has 0 bridgehead atoms. The van der Waals surface area contributed by atoms with Crippen molar-refractivity contribution in [3.8, 4) is 0 Å². The van der Waals surface area contributed by atoms with E-state index in [0.717, 1.165) is 24.3 Å². The predicted molar refractivity (Wildman–Crippen MR) is 160 cm³/mol. The number of benzodiazepines with no additional fused rings is 1. The van der Waals surface area contributed by atoms with Crippen LogP contribution >= 0.6 is 0 Å². The molecule has 0 spiro atoms. The highest BCUT2D eigenvalue weighted by Crippen LogP contribution is 2.28. The smallest absolute Gasteiger partial charge is 0.338 e. The zero-order valence-electron chi connectivity index (χ0n) is 23.3. The fraction of sp³-hybridized carbons (Fsp3) is 0.290. The molecule has 212 valence electrons. The molecular formula is C31H35N6O4+. The first-order valence-corrected chi connectivity index (χ1v) is 13.7. The summed E-state index contributed by atoms with van der Waals surface area (Å²) in [5.74, 6) is -0.678. The minimum atomic E-state index is -1.23. The van der Waals surface area contributed by atoms with Crippen molar-refractivity contribution < 1.29 is 19.1 Å². The summed E-state index contributed by atoms with van der Waals surface area (Å²) < 4.78 is 5.46. The molecule has 2 N–H and O–H groups in total. The lowest BCUT2D eigenvalue weighted by Gasteiger charge is -2.31. The highest BCUT2D eigenvalue weighted by Gasteiger charge is 2.38. The van der Waals surface area contributed by atoms with Crippen LogP contribution in [-0.2, 0) is 14.3 Å². The number of benzene rings is 3. The summed E-state index contributed by atoms with van der Waals surface area (Å²) in [6, 6.07) is 25.3. The number of nitrogens with zero attached hydrogens (tertiary/aromatic N) is 4. The molecule has 1 unspecified atom stereocenters. The molecule has 41 heavy (non-hydrogen) atoms. The van der Waals surface area contributed by atoms with E-state index in [1.165, 1.54) is 4.90 Å². The number of amides is 4. The maximum absolute atomic E-state index is 14.1. The quantitative estimate of drug-likeness (QED) is 0.436. The minimum absolute atomic E-state index is 0.0547. The van der Waals surface area contributed by atoms with Gasteiger partial charge in [-0.3, -0.25) is 19.6 Å². The summed E-state index contributed by atoms with van der Waals surface area (Å²) in [6.45, 7) is 2.96. The normalized spacial score (nSPS) is 17.7. The average molecular weight is 556 g/mol. The molecule has 0 radical (unpaired) electrons. The van der Waals surface area contributed by atoms with Gasteiger partial charge in [0.15, 0.2) is 0 Å². The summed E-state index contributed by atoms with van der Waals surface area (Å²) in [5.41, 5.74) is 3.37. The van der Waals surface area contributed by atoms with Gasteiger partial charge in [0.05, 0.1) is 38.7 Å². The average Bonchev–Trinajstić information content (AvgIpc) is 3.09. The SMILES string of the molecule is C[N+](C)(C(=O)CN1C(=O)C(NC(=O)Nc2ccccc2)N=C(CN2CCOCC2)c2ccccc21)c1ccccc1. The second-order valence-electron chi connectivity index (χ2n) is 10.5. The number of rotatable bonds is 7. The lowest BCUT2D eigenvalue weighted by molar-refractivity contribution is -0.129. The molecule has 10 nitrogen and oxygen atoms in total. The highest BCUT2D eigenvalue weighted by atomic mass is 16.5. The van der Waals surface area contributed by atoms with Crippen LogP contribution in [0.4, 0.5) is 21.9 Å². The van der Waals surface area contributed by atoms with Crippen molar-refractivity contribution in [3.05, 3.63) is 90.5 Å². The third-order valence-corrected chi connectivity index (χ3v) is 7.39. The van der Waals surface area contributed by atoms with Gasteiger partial charge in [-0.05, 0) is 30.3 Å². The predicted octanol–water partition coefficient (Wildman–Crippen LogP) is 3.10. The molecule has 2 aliphatic heterocycles. The van der Waals surface area contributed by atoms with Crippen LogP contribution in [0, 0.1) is 0 Å².